The summed E-state index contributed by atoms with van der Waals surface area (Å²) in [5.74, 6) is -0.0121. The Hall–Kier alpha value is -1.77. The first-order chi connectivity index (χ1) is 9.04. The number of alkyl halides is 3. The number of rotatable bonds is 4. The van der Waals surface area contributed by atoms with Crippen molar-refractivity contribution in [2.45, 2.75) is 11.9 Å². The Labute approximate surface area is 114 Å². The van der Waals surface area contributed by atoms with Crippen molar-refractivity contribution >= 4 is 15.9 Å². The molecule has 0 saturated carbocycles. The van der Waals surface area contributed by atoms with Crippen LogP contribution in [0.4, 0.5) is 8.78 Å². The maximum atomic E-state index is 12.3. The molecule has 1 aromatic carbocycles. The van der Waals surface area contributed by atoms with Gasteiger partial charge in [0.15, 0.2) is 0 Å². The maximum absolute atomic E-state index is 12.3. The lowest BCUT2D eigenvalue weighted by Crippen LogP contribution is -2.23. The van der Waals surface area contributed by atoms with Crippen LogP contribution < -0.4 is 10.4 Å². The highest BCUT2D eigenvalue weighted by atomic mass is 79.9. The van der Waals surface area contributed by atoms with E-state index in [0.717, 1.165) is 9.36 Å². The Bertz CT molecular complexity index is 641. The second-order valence-corrected chi connectivity index (χ2v) is 4.12. The summed E-state index contributed by atoms with van der Waals surface area (Å²) >= 11 is 3.18. The lowest BCUT2D eigenvalue weighted by Gasteiger charge is -2.12. The van der Waals surface area contributed by atoms with Crippen molar-refractivity contribution in [2.75, 3.05) is 0 Å². The van der Waals surface area contributed by atoms with E-state index in [1.807, 2.05) is 0 Å². The fourth-order valence-corrected chi connectivity index (χ4v) is 2.12. The van der Waals surface area contributed by atoms with Crippen molar-refractivity contribution < 1.29 is 13.5 Å². The third kappa shape index (κ3) is 2.65. The van der Waals surface area contributed by atoms with Gasteiger partial charge in [-0.25, -0.2) is 4.79 Å². The molecule has 0 saturated heterocycles. The molecular weight excluding hydrogens is 326 g/mol. The largest absolute Gasteiger partial charge is 0.434 e. The predicted octanol–water partition coefficient (Wildman–Crippen LogP) is 1.46. The van der Waals surface area contributed by atoms with Gasteiger partial charge in [0.1, 0.15) is 5.75 Å². The van der Waals surface area contributed by atoms with Gasteiger partial charge in [0.25, 0.3) is 0 Å². The van der Waals surface area contributed by atoms with E-state index in [9.17, 15) is 13.6 Å². The summed E-state index contributed by atoms with van der Waals surface area (Å²) in [6.45, 7) is -2.94. The number of benzene rings is 1. The molecule has 0 N–H and O–H groups in total. The van der Waals surface area contributed by atoms with Crippen LogP contribution in [0.3, 0.4) is 0 Å². The third-order valence-corrected chi connectivity index (χ3v) is 2.97. The quantitative estimate of drug-likeness (QED) is 0.794. The summed E-state index contributed by atoms with van der Waals surface area (Å²) in [6, 6.07) is 4.47. The molecule has 0 amide bonds. The second kappa shape index (κ2) is 5.47. The highest BCUT2D eigenvalue weighted by Crippen LogP contribution is 2.27. The zero-order valence-electron chi connectivity index (χ0n) is 9.76. The van der Waals surface area contributed by atoms with E-state index in [2.05, 4.69) is 31.1 Å². The molecular formula is C10H9BrF2N4O2. The second-order valence-electron chi connectivity index (χ2n) is 3.56. The van der Waals surface area contributed by atoms with Crippen LogP contribution in [0.25, 0.3) is 5.69 Å². The highest BCUT2D eigenvalue weighted by Gasteiger charge is 2.16. The molecule has 0 aliphatic heterocycles. The normalized spacial score (nSPS) is 11.0. The van der Waals surface area contributed by atoms with Crippen molar-refractivity contribution in [3.8, 4) is 11.4 Å². The fourth-order valence-electron chi connectivity index (χ4n) is 1.56. The van der Waals surface area contributed by atoms with Crippen LogP contribution >= 0.6 is 15.9 Å². The molecule has 0 aliphatic rings. The lowest BCUT2D eigenvalue weighted by atomic mass is 10.2. The van der Waals surface area contributed by atoms with E-state index in [1.54, 1.807) is 6.07 Å². The Balaban J connectivity index is 2.58. The Morgan fingerprint density at radius 1 is 1.42 bits per heavy atom. The molecule has 0 fully saturated rings. The summed E-state index contributed by atoms with van der Waals surface area (Å²) < 4.78 is 31.1. The molecule has 0 unspecified atom stereocenters. The smallest absolute Gasteiger partial charge is 0.387 e. The molecule has 0 atom stereocenters. The number of tetrazole rings is 1. The molecule has 0 aliphatic carbocycles. The van der Waals surface area contributed by atoms with Gasteiger partial charge in [0.2, 0.25) is 0 Å². The molecule has 9 heteroatoms. The zero-order chi connectivity index (χ0) is 14.0. The Morgan fingerprint density at radius 3 is 2.68 bits per heavy atom. The first kappa shape index (κ1) is 13.7. The van der Waals surface area contributed by atoms with E-state index in [1.165, 1.54) is 19.2 Å². The SMILES string of the molecule is Cn1nnn(-c2cccc(OC(F)F)c2CBr)c1=O. The standard InChI is InChI=1S/C10H9BrF2N4O2/c1-16-10(18)17(15-14-16)7-3-2-4-8(6(7)5-11)19-9(12)13/h2-4,9H,5H2,1H3. The zero-order valence-corrected chi connectivity index (χ0v) is 11.3. The number of aromatic nitrogens is 4. The van der Waals surface area contributed by atoms with Crippen molar-refractivity contribution in [1.29, 1.82) is 0 Å². The molecule has 2 aromatic rings. The summed E-state index contributed by atoms with van der Waals surface area (Å²) in [4.78, 5) is 11.8. The third-order valence-electron chi connectivity index (χ3n) is 2.41. The molecule has 2 rings (SSSR count). The summed E-state index contributed by atoms with van der Waals surface area (Å²) in [7, 11) is 1.44. The summed E-state index contributed by atoms with van der Waals surface area (Å²) in [5.41, 5.74) is 0.259. The maximum Gasteiger partial charge on any atom is 0.387 e. The van der Waals surface area contributed by atoms with E-state index < -0.39 is 12.3 Å². The summed E-state index contributed by atoms with van der Waals surface area (Å²) in [6.07, 6.45) is 0. The van der Waals surface area contributed by atoms with Gasteiger partial charge < -0.3 is 4.74 Å². The number of halogens is 3. The topological polar surface area (TPSA) is 61.9 Å². The van der Waals surface area contributed by atoms with Crippen LogP contribution in [0.5, 0.6) is 5.75 Å². The number of aryl methyl sites for hydroxylation is 1. The van der Waals surface area contributed by atoms with Gasteiger partial charge in [0, 0.05) is 17.9 Å². The molecule has 1 heterocycles. The minimum absolute atomic E-state index is 0.0121. The van der Waals surface area contributed by atoms with Crippen LogP contribution in [-0.2, 0) is 12.4 Å². The minimum Gasteiger partial charge on any atom is -0.434 e. The predicted molar refractivity (Wildman–Crippen MR) is 65.9 cm³/mol. The van der Waals surface area contributed by atoms with Gasteiger partial charge >= 0.3 is 12.3 Å². The van der Waals surface area contributed by atoms with Crippen LogP contribution in [0.1, 0.15) is 5.56 Å². The average molecular weight is 335 g/mol. The Kier molecular flexibility index (Phi) is 3.93. The molecule has 0 radical (unpaired) electrons. The van der Waals surface area contributed by atoms with Gasteiger partial charge in [-0.1, -0.05) is 22.0 Å². The van der Waals surface area contributed by atoms with Crippen molar-refractivity contribution in [1.82, 2.24) is 19.8 Å². The summed E-state index contributed by atoms with van der Waals surface area (Å²) in [5, 5.41) is 7.47. The number of hydrogen-bond donors (Lipinski definition) is 0. The number of ether oxygens (including phenoxy) is 1. The van der Waals surface area contributed by atoms with E-state index >= 15 is 0 Å². The first-order valence-electron chi connectivity index (χ1n) is 5.16. The van der Waals surface area contributed by atoms with Gasteiger partial charge in [0.05, 0.1) is 5.69 Å². The van der Waals surface area contributed by atoms with E-state index in [0.29, 0.717) is 11.3 Å². The molecule has 0 spiro atoms. The van der Waals surface area contributed by atoms with Crippen molar-refractivity contribution in [2.24, 2.45) is 7.05 Å². The van der Waals surface area contributed by atoms with Crippen LogP contribution in [0, 0.1) is 0 Å². The fraction of sp³-hybridized carbons (Fsp3) is 0.300. The van der Waals surface area contributed by atoms with Crippen LogP contribution in [0.2, 0.25) is 0 Å². The highest BCUT2D eigenvalue weighted by molar-refractivity contribution is 9.08. The van der Waals surface area contributed by atoms with Gasteiger partial charge in [-0.05, 0) is 22.6 Å². The monoisotopic (exact) mass is 334 g/mol. The van der Waals surface area contributed by atoms with Gasteiger partial charge in [-0.15, -0.1) is 0 Å². The van der Waals surface area contributed by atoms with Crippen molar-refractivity contribution in [3.63, 3.8) is 0 Å². The van der Waals surface area contributed by atoms with Crippen LogP contribution in [-0.4, -0.2) is 26.4 Å². The van der Waals surface area contributed by atoms with E-state index in [4.69, 9.17) is 0 Å². The van der Waals surface area contributed by atoms with Crippen molar-refractivity contribution in [3.05, 3.63) is 34.2 Å². The first-order valence-corrected chi connectivity index (χ1v) is 6.28. The molecule has 19 heavy (non-hydrogen) atoms. The molecule has 1 aromatic heterocycles. The number of hydrogen-bond acceptors (Lipinski definition) is 4. The van der Waals surface area contributed by atoms with E-state index in [-0.39, 0.29) is 11.1 Å². The lowest BCUT2D eigenvalue weighted by molar-refractivity contribution is -0.0503. The van der Waals surface area contributed by atoms with Crippen LogP contribution in [0.15, 0.2) is 23.0 Å². The molecule has 0 bridgehead atoms. The average Bonchev–Trinajstić information content (AvgIpc) is 2.69. The van der Waals surface area contributed by atoms with Gasteiger partial charge in [-0.3, -0.25) is 0 Å². The number of nitrogens with zero attached hydrogens (tertiary/aromatic N) is 4. The Morgan fingerprint density at radius 2 is 2.16 bits per heavy atom. The molecule has 6 nitrogen and oxygen atoms in total. The minimum atomic E-state index is -2.94. The molecule has 102 valence electrons. The van der Waals surface area contributed by atoms with Gasteiger partial charge in [-0.2, -0.15) is 18.1 Å².